The largest absolute Gasteiger partial charge is 0.543 e. The fourth-order valence-corrected chi connectivity index (χ4v) is 13.4. The minimum atomic E-state index is -2.49. The summed E-state index contributed by atoms with van der Waals surface area (Å²) < 4.78 is 50.9. The third kappa shape index (κ3) is 20.3. The first kappa shape index (κ1) is 70.1. The zero-order valence-electron chi connectivity index (χ0n) is 55.7. The lowest BCUT2D eigenvalue weighted by molar-refractivity contribution is -0.155. The van der Waals surface area contributed by atoms with Crippen molar-refractivity contribution < 1.29 is 36.4 Å². The highest BCUT2D eigenvalue weighted by Crippen LogP contribution is 2.54. The topological polar surface area (TPSA) is 81.7 Å². The minimum absolute atomic E-state index is 0.0342. The summed E-state index contributed by atoms with van der Waals surface area (Å²) >= 11 is 0. The van der Waals surface area contributed by atoms with Crippen molar-refractivity contribution in [2.75, 3.05) is 0 Å². The molecule has 0 aliphatic carbocycles. The molecule has 1 aliphatic heterocycles. The zero-order valence-corrected chi connectivity index (χ0v) is 60.7. The maximum absolute atomic E-state index is 14.4. The van der Waals surface area contributed by atoms with Gasteiger partial charge in [0.1, 0.15) is 34.9 Å². The summed E-state index contributed by atoms with van der Waals surface area (Å²) in [6.07, 6.45) is 21.4. The average Bonchev–Trinajstić information content (AvgIpc) is 3.26. The Hall–Kier alpha value is -2.21. The summed E-state index contributed by atoms with van der Waals surface area (Å²) in [4.78, 5) is 14.4. The zero-order chi connectivity index (χ0) is 59.6. The second kappa shape index (κ2) is 27.9. The summed E-state index contributed by atoms with van der Waals surface area (Å²) in [5.74, 6) is 3.97. The molecular weight excluding hydrogens is 1050 g/mol. The SMILES string of the molecule is CCCCCCCCCCCCCCCCCCCC(=O)O[C@@H]1Cc2c(cc(O[Si](C)(C)C(C)(C)C)cc2O[Si](C)(C)C(C)(C)C)O[C@@H]1c1cc(O[Si](C)(C)C(C)(C)C)c(O[Si](C)(C)C(C)(C)C)c(O[Si](C)(C)C(C)(C)C)c1. The molecule has 0 N–H and O–H groups in total. The van der Waals surface area contributed by atoms with E-state index < -0.39 is 53.8 Å². The quantitative estimate of drug-likeness (QED) is 0.0435. The van der Waals surface area contributed by atoms with E-state index in [4.69, 9.17) is 31.6 Å². The number of carbonyl (C=O) groups is 1. The molecule has 78 heavy (non-hydrogen) atoms. The molecule has 0 saturated heterocycles. The van der Waals surface area contributed by atoms with E-state index in [0.717, 1.165) is 41.9 Å². The van der Waals surface area contributed by atoms with E-state index in [1.54, 1.807) is 0 Å². The van der Waals surface area contributed by atoms with Crippen molar-refractivity contribution in [2.24, 2.45) is 0 Å². The van der Waals surface area contributed by atoms with Crippen LogP contribution in [0, 0.1) is 0 Å². The van der Waals surface area contributed by atoms with Gasteiger partial charge < -0.3 is 31.6 Å². The number of benzene rings is 2. The molecule has 8 nitrogen and oxygen atoms in total. The molecule has 0 aromatic heterocycles. The molecule has 0 unspecified atom stereocenters. The molecule has 0 saturated carbocycles. The summed E-state index contributed by atoms with van der Waals surface area (Å²) in [5.41, 5.74) is 1.73. The van der Waals surface area contributed by atoms with E-state index in [1.165, 1.54) is 89.9 Å². The molecule has 3 rings (SSSR count). The van der Waals surface area contributed by atoms with E-state index in [2.05, 4.69) is 201 Å². The van der Waals surface area contributed by atoms with Crippen molar-refractivity contribution in [3.63, 3.8) is 0 Å². The van der Waals surface area contributed by atoms with E-state index >= 15 is 0 Å². The fourth-order valence-electron chi connectivity index (χ4n) is 8.33. The lowest BCUT2D eigenvalue weighted by Crippen LogP contribution is -2.47. The molecule has 450 valence electrons. The van der Waals surface area contributed by atoms with E-state index in [-0.39, 0.29) is 31.2 Å². The fraction of sp³-hybridized carbons (Fsp3) is 0.800. The Bertz CT molecular complexity index is 2130. The minimum Gasteiger partial charge on any atom is -0.543 e. The van der Waals surface area contributed by atoms with Crippen LogP contribution >= 0.6 is 0 Å². The van der Waals surface area contributed by atoms with Crippen LogP contribution in [-0.2, 0) is 16.0 Å². The summed E-state index contributed by atoms with van der Waals surface area (Å²) in [5, 5.41) is -0.410. The van der Waals surface area contributed by atoms with Crippen molar-refractivity contribution >= 4 is 47.6 Å². The number of fused-ring (bicyclic) bond motifs is 1. The van der Waals surface area contributed by atoms with Crippen molar-refractivity contribution in [1.29, 1.82) is 0 Å². The number of ether oxygens (including phenoxy) is 2. The van der Waals surface area contributed by atoms with Crippen LogP contribution in [0.1, 0.15) is 244 Å². The lowest BCUT2D eigenvalue weighted by Gasteiger charge is -2.42. The van der Waals surface area contributed by atoms with Gasteiger partial charge in [-0.25, -0.2) is 0 Å². The first-order valence-corrected chi connectivity index (χ1v) is 45.7. The van der Waals surface area contributed by atoms with Gasteiger partial charge in [0, 0.05) is 36.1 Å². The van der Waals surface area contributed by atoms with Gasteiger partial charge in [-0.1, -0.05) is 214 Å². The first-order valence-electron chi connectivity index (χ1n) is 31.1. The monoisotopic (exact) mass is 1170 g/mol. The molecule has 0 bridgehead atoms. The predicted molar refractivity (Wildman–Crippen MR) is 348 cm³/mol. The number of esters is 1. The number of unbranched alkanes of at least 4 members (excludes halogenated alkanes) is 16. The Morgan fingerprint density at radius 2 is 0.782 bits per heavy atom. The Morgan fingerprint density at radius 1 is 0.449 bits per heavy atom. The third-order valence-corrected chi connectivity index (χ3v) is 40.8. The van der Waals surface area contributed by atoms with E-state index in [9.17, 15) is 4.79 Å². The normalized spacial score (nSPS) is 16.3. The van der Waals surface area contributed by atoms with Gasteiger partial charge in [-0.2, -0.15) is 0 Å². The number of hydrogen-bond acceptors (Lipinski definition) is 8. The first-order chi connectivity index (χ1) is 35.5. The molecule has 1 aliphatic rings. The average molecular weight is 1170 g/mol. The Balaban J connectivity index is 2.15. The van der Waals surface area contributed by atoms with Crippen LogP contribution in [0.15, 0.2) is 24.3 Å². The molecule has 2 aromatic carbocycles. The van der Waals surface area contributed by atoms with Gasteiger partial charge in [-0.15, -0.1) is 0 Å². The van der Waals surface area contributed by atoms with Crippen LogP contribution in [0.3, 0.4) is 0 Å². The van der Waals surface area contributed by atoms with Crippen LogP contribution in [-0.4, -0.2) is 53.7 Å². The highest BCUT2D eigenvalue weighted by molar-refractivity contribution is 6.77. The Morgan fingerprint density at radius 3 is 1.15 bits per heavy atom. The predicted octanol–water partition coefficient (Wildman–Crippen LogP) is 22.2. The molecule has 1 heterocycles. The molecule has 0 fully saturated rings. The molecule has 13 heteroatoms. The Labute approximate surface area is 486 Å². The van der Waals surface area contributed by atoms with Gasteiger partial charge in [-0.3, -0.25) is 4.79 Å². The van der Waals surface area contributed by atoms with Gasteiger partial charge in [0.15, 0.2) is 11.9 Å². The maximum Gasteiger partial charge on any atom is 0.306 e. The molecule has 2 atom stereocenters. The smallest absolute Gasteiger partial charge is 0.306 e. The van der Waals surface area contributed by atoms with Crippen molar-refractivity contribution in [3.8, 4) is 34.5 Å². The molecule has 0 spiro atoms. The van der Waals surface area contributed by atoms with Gasteiger partial charge >= 0.3 is 5.97 Å². The summed E-state index contributed by atoms with van der Waals surface area (Å²) in [7, 11) is -12.1. The lowest BCUT2D eigenvalue weighted by atomic mass is 9.93. The van der Waals surface area contributed by atoms with E-state index in [1.807, 2.05) is 0 Å². The molecule has 0 amide bonds. The van der Waals surface area contributed by atoms with Crippen LogP contribution in [0.25, 0.3) is 0 Å². The van der Waals surface area contributed by atoms with Crippen LogP contribution < -0.4 is 26.9 Å². The summed E-state index contributed by atoms with van der Waals surface area (Å²) in [6.45, 7) is 59.2. The second-order valence-electron chi connectivity index (χ2n) is 31.2. The van der Waals surface area contributed by atoms with Crippen LogP contribution in [0.2, 0.25) is 90.7 Å². The summed E-state index contributed by atoms with van der Waals surface area (Å²) in [6, 6.07) is 8.39. The third-order valence-electron chi connectivity index (χ3n) is 19.1. The van der Waals surface area contributed by atoms with Crippen LogP contribution in [0.5, 0.6) is 34.5 Å². The Kier molecular flexibility index (Phi) is 25.1. The number of carbonyl (C=O) groups excluding carboxylic acids is 1. The van der Waals surface area contributed by atoms with Gasteiger partial charge in [0.2, 0.25) is 16.6 Å². The number of rotatable bonds is 30. The van der Waals surface area contributed by atoms with Crippen LogP contribution in [0.4, 0.5) is 0 Å². The highest BCUT2D eigenvalue weighted by Gasteiger charge is 2.48. The van der Waals surface area contributed by atoms with Crippen molar-refractivity contribution in [1.82, 2.24) is 0 Å². The molecular formula is C65H122O8Si5. The van der Waals surface area contributed by atoms with Crippen molar-refractivity contribution in [2.45, 2.75) is 336 Å². The van der Waals surface area contributed by atoms with Crippen molar-refractivity contribution in [3.05, 3.63) is 35.4 Å². The standard InChI is InChI=1S/C65H122O8Si5/c1-27-28-29-30-31-32-33-34-35-36-37-38-39-40-41-42-43-44-58(66)67-55-49-52-53(47-51(69-74(17,18)61(2,3)4)48-54(52)70-75(19,20)62(5,6)7)68-59(55)50-45-56(71-76(21,22)63(8,9)10)60(73-78(25,26)65(14,15)16)57(46-50)72-77(23,24)64(11,12)13/h45-48,55,59H,27-44,49H2,1-26H3/t55-,59-/m1/s1. The van der Waals surface area contributed by atoms with Gasteiger partial charge in [0.25, 0.3) is 25.0 Å². The van der Waals surface area contributed by atoms with E-state index in [0.29, 0.717) is 35.8 Å². The molecule has 2 aromatic rings. The van der Waals surface area contributed by atoms with Gasteiger partial charge in [0.05, 0.1) is 0 Å². The van der Waals surface area contributed by atoms with Gasteiger partial charge in [-0.05, 0) is 109 Å². The number of hydrogen-bond donors (Lipinski definition) is 0. The maximum atomic E-state index is 14.4. The highest BCUT2D eigenvalue weighted by atomic mass is 28.4. The second-order valence-corrected chi connectivity index (χ2v) is 54.9. The molecule has 0 radical (unpaired) electrons.